The number of benzene rings is 2. The number of anilines is 1. The van der Waals surface area contributed by atoms with Crippen molar-refractivity contribution in [3.05, 3.63) is 59.7 Å². The van der Waals surface area contributed by atoms with Crippen LogP contribution in [0.3, 0.4) is 0 Å². The van der Waals surface area contributed by atoms with E-state index in [1.165, 1.54) is 24.3 Å². The van der Waals surface area contributed by atoms with E-state index in [9.17, 15) is 8.78 Å². The Morgan fingerprint density at radius 3 is 2.61 bits per heavy atom. The second-order valence-corrected chi connectivity index (χ2v) is 6.36. The van der Waals surface area contributed by atoms with Gasteiger partial charge in [-0.3, -0.25) is 4.90 Å². The zero-order valence-electron chi connectivity index (χ0n) is 12.3. The number of halogens is 2. The summed E-state index contributed by atoms with van der Waals surface area (Å²) in [6.45, 7) is 1.93. The van der Waals surface area contributed by atoms with E-state index in [0.717, 1.165) is 11.3 Å². The van der Waals surface area contributed by atoms with Crippen molar-refractivity contribution >= 4 is 23.0 Å². The van der Waals surface area contributed by atoms with Crippen LogP contribution in [0.25, 0.3) is 0 Å². The lowest BCUT2D eigenvalue weighted by atomic mass is 9.90. The summed E-state index contributed by atoms with van der Waals surface area (Å²) >= 11 is 5.48. The van der Waals surface area contributed by atoms with Crippen LogP contribution in [-0.4, -0.2) is 10.8 Å². The number of hydrogen-bond acceptors (Lipinski definition) is 2. The topological polar surface area (TPSA) is 24.5 Å². The largest absolute Gasteiger partial charge is 0.467 e. The fraction of sp³-hybridized carbons (Fsp3) is 0.235. The van der Waals surface area contributed by atoms with E-state index in [-0.39, 0.29) is 17.7 Å². The van der Waals surface area contributed by atoms with Crippen LogP contribution < -0.4 is 15.0 Å². The van der Waals surface area contributed by atoms with E-state index in [4.69, 9.17) is 17.0 Å². The average molecular weight is 332 g/mol. The number of nitrogens with one attached hydrogen (secondary N) is 1. The Labute approximate surface area is 137 Å². The van der Waals surface area contributed by atoms with Crippen molar-refractivity contribution in [2.75, 3.05) is 4.90 Å². The summed E-state index contributed by atoms with van der Waals surface area (Å²) in [4.78, 5) is 1.84. The van der Waals surface area contributed by atoms with E-state index in [2.05, 4.69) is 5.32 Å². The molecular formula is C17H14F2N2OS. The van der Waals surface area contributed by atoms with Crippen molar-refractivity contribution in [3.63, 3.8) is 0 Å². The molecule has 3 nitrogen and oxygen atoms in total. The standard InChI is InChI=1S/C17H14F2N2OS/c1-17-9-14(13-8-11(19)4-7-15(13)22-17)20-16(23)21(17)12-5-2-10(18)3-6-12/h2-8,14H,9H2,1H3,(H,20,23)/t14-,17-/m0/s1. The predicted molar refractivity (Wildman–Crippen MR) is 87.4 cm³/mol. The molecule has 0 radical (unpaired) electrons. The minimum absolute atomic E-state index is 0.108. The maximum atomic E-state index is 13.5. The number of rotatable bonds is 1. The third-order valence-corrected chi connectivity index (χ3v) is 4.62. The molecule has 118 valence electrons. The fourth-order valence-electron chi connectivity index (χ4n) is 3.33. The van der Waals surface area contributed by atoms with E-state index < -0.39 is 5.72 Å². The normalized spacial score (nSPS) is 25.4. The SMILES string of the molecule is C[C@]12C[C@H](NC(=S)N1c1ccc(F)cc1)c1cc(F)ccc1O2. The van der Waals surface area contributed by atoms with Crippen LogP contribution in [0.1, 0.15) is 24.9 Å². The zero-order valence-corrected chi connectivity index (χ0v) is 13.2. The molecule has 0 amide bonds. The van der Waals surface area contributed by atoms with E-state index >= 15 is 0 Å². The molecule has 2 bridgehead atoms. The lowest BCUT2D eigenvalue weighted by Gasteiger charge is -2.52. The van der Waals surface area contributed by atoms with Gasteiger partial charge < -0.3 is 10.1 Å². The quantitative estimate of drug-likeness (QED) is 0.801. The molecule has 0 unspecified atom stereocenters. The highest BCUT2D eigenvalue weighted by Gasteiger charge is 2.48. The molecule has 1 N–H and O–H groups in total. The lowest BCUT2D eigenvalue weighted by Crippen LogP contribution is -2.65. The zero-order chi connectivity index (χ0) is 16.2. The molecule has 1 saturated heterocycles. The van der Waals surface area contributed by atoms with Crippen LogP contribution in [0.5, 0.6) is 5.75 Å². The van der Waals surface area contributed by atoms with Gasteiger partial charge in [-0.1, -0.05) is 0 Å². The maximum Gasteiger partial charge on any atom is 0.188 e. The van der Waals surface area contributed by atoms with Gasteiger partial charge in [0.2, 0.25) is 0 Å². The van der Waals surface area contributed by atoms with Gasteiger partial charge >= 0.3 is 0 Å². The van der Waals surface area contributed by atoms with Crippen LogP contribution in [0.4, 0.5) is 14.5 Å². The number of fused-ring (bicyclic) bond motifs is 4. The Bertz CT molecular complexity index is 796. The molecule has 4 rings (SSSR count). The summed E-state index contributed by atoms with van der Waals surface area (Å²) < 4.78 is 32.9. The molecule has 6 heteroatoms. The van der Waals surface area contributed by atoms with Gasteiger partial charge in [0.25, 0.3) is 0 Å². The van der Waals surface area contributed by atoms with Crippen molar-refractivity contribution in [2.45, 2.75) is 25.1 Å². The van der Waals surface area contributed by atoms with Gasteiger partial charge in [-0.25, -0.2) is 8.78 Å². The number of nitrogens with zero attached hydrogens (tertiary/aromatic N) is 1. The van der Waals surface area contributed by atoms with Crippen molar-refractivity contribution < 1.29 is 13.5 Å². The van der Waals surface area contributed by atoms with E-state index in [0.29, 0.717) is 17.3 Å². The van der Waals surface area contributed by atoms with Crippen LogP contribution in [0.2, 0.25) is 0 Å². The van der Waals surface area contributed by atoms with Crippen molar-refractivity contribution in [1.29, 1.82) is 0 Å². The molecule has 2 aromatic rings. The number of ether oxygens (including phenoxy) is 1. The molecule has 0 saturated carbocycles. The highest BCUT2D eigenvalue weighted by atomic mass is 32.1. The monoisotopic (exact) mass is 332 g/mol. The van der Waals surface area contributed by atoms with Crippen LogP contribution >= 0.6 is 12.2 Å². The highest BCUT2D eigenvalue weighted by molar-refractivity contribution is 7.80. The molecule has 2 aliphatic heterocycles. The van der Waals surface area contributed by atoms with Crippen molar-refractivity contribution in [1.82, 2.24) is 5.32 Å². The summed E-state index contributed by atoms with van der Waals surface area (Å²) in [6, 6.07) is 10.5. The van der Waals surface area contributed by atoms with Crippen molar-refractivity contribution in [2.24, 2.45) is 0 Å². The average Bonchev–Trinajstić information content (AvgIpc) is 2.49. The van der Waals surface area contributed by atoms with Gasteiger partial charge in [-0.15, -0.1) is 0 Å². The molecule has 23 heavy (non-hydrogen) atoms. The molecule has 0 spiro atoms. The van der Waals surface area contributed by atoms with Crippen LogP contribution in [0.15, 0.2) is 42.5 Å². The van der Waals surface area contributed by atoms with E-state index in [1.54, 1.807) is 18.2 Å². The predicted octanol–water partition coefficient (Wildman–Crippen LogP) is 3.90. The van der Waals surface area contributed by atoms with Gasteiger partial charge in [0.05, 0.1) is 6.04 Å². The second kappa shape index (κ2) is 4.89. The second-order valence-electron chi connectivity index (χ2n) is 5.98. The smallest absolute Gasteiger partial charge is 0.188 e. The summed E-state index contributed by atoms with van der Waals surface area (Å²) in [7, 11) is 0. The minimum Gasteiger partial charge on any atom is -0.467 e. The Morgan fingerprint density at radius 2 is 1.87 bits per heavy atom. The van der Waals surface area contributed by atoms with E-state index in [1.807, 2.05) is 11.8 Å². The molecule has 2 aromatic carbocycles. The highest BCUT2D eigenvalue weighted by Crippen LogP contribution is 2.45. The Hall–Kier alpha value is -2.21. The Balaban J connectivity index is 1.79. The molecule has 0 aliphatic carbocycles. The number of hydrogen-bond donors (Lipinski definition) is 1. The molecule has 1 fully saturated rings. The van der Waals surface area contributed by atoms with Crippen LogP contribution in [0, 0.1) is 11.6 Å². The number of thiocarbonyl (C=S) groups is 1. The molecule has 2 atom stereocenters. The van der Waals surface area contributed by atoms with Gasteiger partial charge in [-0.05, 0) is 61.6 Å². The third-order valence-electron chi connectivity index (χ3n) is 4.32. The van der Waals surface area contributed by atoms with Crippen LogP contribution in [-0.2, 0) is 0 Å². The molecule has 0 aromatic heterocycles. The summed E-state index contributed by atoms with van der Waals surface area (Å²) in [5.74, 6) is 0.0231. The molecular weight excluding hydrogens is 318 g/mol. The fourth-order valence-corrected chi connectivity index (χ4v) is 3.77. The Kier molecular flexibility index (Phi) is 3.06. The minimum atomic E-state index is -0.713. The Morgan fingerprint density at radius 1 is 1.17 bits per heavy atom. The van der Waals surface area contributed by atoms with Crippen molar-refractivity contribution in [3.8, 4) is 5.75 Å². The summed E-state index contributed by atoms with van der Waals surface area (Å²) in [5, 5.41) is 3.71. The maximum absolute atomic E-state index is 13.5. The first-order valence-electron chi connectivity index (χ1n) is 7.31. The van der Waals surface area contributed by atoms with Gasteiger partial charge in [-0.2, -0.15) is 0 Å². The van der Waals surface area contributed by atoms with Gasteiger partial charge in [0.1, 0.15) is 17.4 Å². The summed E-state index contributed by atoms with van der Waals surface area (Å²) in [6.07, 6.45) is 0.598. The van der Waals surface area contributed by atoms with Gasteiger partial charge in [0, 0.05) is 17.7 Å². The first kappa shape index (κ1) is 14.4. The first-order valence-corrected chi connectivity index (χ1v) is 7.72. The lowest BCUT2D eigenvalue weighted by molar-refractivity contribution is 0.0495. The van der Waals surface area contributed by atoms with Gasteiger partial charge in [0.15, 0.2) is 10.8 Å². The molecule has 2 heterocycles. The summed E-state index contributed by atoms with van der Waals surface area (Å²) in [5.41, 5.74) is 0.800. The molecule has 2 aliphatic rings. The first-order chi connectivity index (χ1) is 11.0. The third kappa shape index (κ3) is 2.25.